The number of fused-ring (bicyclic) bond motifs is 1. The van der Waals surface area contributed by atoms with Crippen LogP contribution < -0.4 is 11.3 Å². The summed E-state index contributed by atoms with van der Waals surface area (Å²) < 4.78 is 6.82. The summed E-state index contributed by atoms with van der Waals surface area (Å²) in [5.41, 5.74) is 6.70. The second kappa shape index (κ2) is 5.49. The van der Waals surface area contributed by atoms with Crippen LogP contribution in [0.2, 0.25) is 0 Å². The molecule has 0 saturated carbocycles. The molecule has 2 N–H and O–H groups in total. The van der Waals surface area contributed by atoms with Crippen molar-refractivity contribution in [1.29, 1.82) is 0 Å². The average molecular weight is 284 g/mol. The van der Waals surface area contributed by atoms with Gasteiger partial charge < -0.3 is 14.8 Å². The van der Waals surface area contributed by atoms with Gasteiger partial charge in [0.25, 0.3) is 5.56 Å². The minimum absolute atomic E-state index is 0.115. The van der Waals surface area contributed by atoms with Gasteiger partial charge in [0.1, 0.15) is 0 Å². The minimum Gasteiger partial charge on any atom is -0.339 e. The molecule has 0 spiro atoms. The highest BCUT2D eigenvalue weighted by Gasteiger charge is 2.15. The van der Waals surface area contributed by atoms with Crippen LogP contribution in [0, 0.1) is 0 Å². The van der Waals surface area contributed by atoms with E-state index in [-0.39, 0.29) is 5.56 Å². The SMILES string of the molecule is CCn1c(=O)c(-c2noc(CCN)n2)cc2ccccc21. The first-order valence-corrected chi connectivity index (χ1v) is 6.90. The molecule has 3 rings (SSSR count). The van der Waals surface area contributed by atoms with E-state index < -0.39 is 0 Å². The Morgan fingerprint density at radius 3 is 2.90 bits per heavy atom. The van der Waals surface area contributed by atoms with Crippen molar-refractivity contribution in [3.63, 3.8) is 0 Å². The fourth-order valence-corrected chi connectivity index (χ4v) is 2.39. The van der Waals surface area contributed by atoms with Crippen molar-refractivity contribution >= 4 is 10.9 Å². The molecule has 0 aliphatic heterocycles. The molecular formula is C15H16N4O2. The smallest absolute Gasteiger partial charge is 0.262 e. The molecule has 0 atom stereocenters. The molecule has 0 saturated heterocycles. The summed E-state index contributed by atoms with van der Waals surface area (Å²) in [5, 5.41) is 4.86. The summed E-state index contributed by atoms with van der Waals surface area (Å²) in [6.45, 7) is 2.95. The van der Waals surface area contributed by atoms with Gasteiger partial charge in [0.05, 0.1) is 11.1 Å². The topological polar surface area (TPSA) is 86.9 Å². The van der Waals surface area contributed by atoms with E-state index in [2.05, 4.69) is 10.1 Å². The number of pyridine rings is 1. The Hall–Kier alpha value is -2.47. The standard InChI is InChI=1S/C15H16N4O2/c1-2-19-12-6-4-3-5-10(12)9-11(15(19)20)14-17-13(7-8-16)21-18-14/h3-6,9H,2,7-8,16H2,1H3. The van der Waals surface area contributed by atoms with Gasteiger partial charge in [-0.3, -0.25) is 4.79 Å². The summed E-state index contributed by atoms with van der Waals surface area (Å²) in [7, 11) is 0. The van der Waals surface area contributed by atoms with Crippen LogP contribution in [0.1, 0.15) is 12.8 Å². The number of aromatic nitrogens is 3. The summed E-state index contributed by atoms with van der Waals surface area (Å²) in [5.74, 6) is 0.763. The van der Waals surface area contributed by atoms with Crippen LogP contribution in [0.25, 0.3) is 22.3 Å². The van der Waals surface area contributed by atoms with E-state index in [0.29, 0.717) is 36.8 Å². The molecule has 21 heavy (non-hydrogen) atoms. The Morgan fingerprint density at radius 2 is 2.14 bits per heavy atom. The fraction of sp³-hybridized carbons (Fsp3) is 0.267. The summed E-state index contributed by atoms with van der Waals surface area (Å²) >= 11 is 0. The quantitative estimate of drug-likeness (QED) is 0.785. The summed E-state index contributed by atoms with van der Waals surface area (Å²) in [6, 6.07) is 9.56. The number of benzene rings is 1. The molecule has 108 valence electrons. The first-order valence-electron chi connectivity index (χ1n) is 6.90. The molecule has 0 bridgehead atoms. The number of hydrogen-bond donors (Lipinski definition) is 1. The maximum Gasteiger partial charge on any atom is 0.262 e. The molecule has 0 fully saturated rings. The van der Waals surface area contributed by atoms with E-state index in [1.807, 2.05) is 31.2 Å². The van der Waals surface area contributed by atoms with Gasteiger partial charge in [0.15, 0.2) is 0 Å². The molecule has 0 amide bonds. The molecule has 1 aromatic carbocycles. The number of para-hydroxylation sites is 1. The zero-order valence-electron chi connectivity index (χ0n) is 11.7. The first kappa shape index (κ1) is 13.5. The molecule has 3 aromatic rings. The van der Waals surface area contributed by atoms with Crippen LogP contribution in [0.5, 0.6) is 0 Å². The largest absolute Gasteiger partial charge is 0.339 e. The third-order valence-electron chi connectivity index (χ3n) is 3.39. The lowest BCUT2D eigenvalue weighted by Gasteiger charge is -2.09. The Bertz CT molecular complexity index is 835. The third-order valence-corrected chi connectivity index (χ3v) is 3.39. The van der Waals surface area contributed by atoms with Crippen molar-refractivity contribution in [1.82, 2.24) is 14.7 Å². The van der Waals surface area contributed by atoms with Gasteiger partial charge in [-0.15, -0.1) is 0 Å². The molecule has 0 unspecified atom stereocenters. The Kier molecular flexibility index (Phi) is 3.53. The Morgan fingerprint density at radius 1 is 1.33 bits per heavy atom. The van der Waals surface area contributed by atoms with E-state index in [0.717, 1.165) is 10.9 Å². The van der Waals surface area contributed by atoms with Crippen LogP contribution >= 0.6 is 0 Å². The molecule has 0 aliphatic carbocycles. The molecule has 2 heterocycles. The van der Waals surface area contributed by atoms with Crippen LogP contribution in [-0.2, 0) is 13.0 Å². The number of nitrogens with two attached hydrogens (primary N) is 1. The summed E-state index contributed by atoms with van der Waals surface area (Å²) in [6.07, 6.45) is 0.503. The van der Waals surface area contributed by atoms with Crippen molar-refractivity contribution in [3.8, 4) is 11.4 Å². The molecule has 6 nitrogen and oxygen atoms in total. The number of hydrogen-bond acceptors (Lipinski definition) is 5. The van der Waals surface area contributed by atoms with Gasteiger partial charge in [-0.05, 0) is 24.4 Å². The number of aryl methyl sites for hydroxylation is 1. The maximum absolute atomic E-state index is 12.6. The maximum atomic E-state index is 12.6. The van der Waals surface area contributed by atoms with Crippen molar-refractivity contribution < 1.29 is 4.52 Å². The van der Waals surface area contributed by atoms with E-state index in [9.17, 15) is 4.79 Å². The molecule has 6 heteroatoms. The molecule has 0 radical (unpaired) electrons. The van der Waals surface area contributed by atoms with Gasteiger partial charge in [0, 0.05) is 19.5 Å². The van der Waals surface area contributed by atoms with Crippen molar-refractivity contribution in [3.05, 3.63) is 46.6 Å². The Balaban J connectivity index is 2.22. The molecule has 2 aromatic heterocycles. The van der Waals surface area contributed by atoms with Crippen LogP contribution in [0.3, 0.4) is 0 Å². The fourth-order valence-electron chi connectivity index (χ4n) is 2.39. The lowest BCUT2D eigenvalue weighted by atomic mass is 10.1. The van der Waals surface area contributed by atoms with Crippen molar-refractivity contribution in [2.24, 2.45) is 5.73 Å². The first-order chi connectivity index (χ1) is 10.2. The highest BCUT2D eigenvalue weighted by molar-refractivity contribution is 5.83. The monoisotopic (exact) mass is 284 g/mol. The third kappa shape index (κ3) is 2.34. The van der Waals surface area contributed by atoms with E-state index >= 15 is 0 Å². The van der Waals surface area contributed by atoms with Crippen LogP contribution in [0.15, 0.2) is 39.6 Å². The predicted molar refractivity (Wildman–Crippen MR) is 79.9 cm³/mol. The van der Waals surface area contributed by atoms with Gasteiger partial charge in [-0.2, -0.15) is 4.98 Å². The zero-order chi connectivity index (χ0) is 14.8. The molecule has 0 aliphatic rings. The highest BCUT2D eigenvalue weighted by Crippen LogP contribution is 2.19. The van der Waals surface area contributed by atoms with Gasteiger partial charge in [-0.1, -0.05) is 23.4 Å². The molecular weight excluding hydrogens is 268 g/mol. The Labute approximate surface area is 121 Å². The highest BCUT2D eigenvalue weighted by atomic mass is 16.5. The van der Waals surface area contributed by atoms with Crippen LogP contribution in [-0.4, -0.2) is 21.3 Å². The van der Waals surface area contributed by atoms with E-state index in [4.69, 9.17) is 10.3 Å². The normalized spacial score (nSPS) is 11.1. The predicted octanol–water partition coefficient (Wildman–Crippen LogP) is 1.57. The van der Waals surface area contributed by atoms with Crippen molar-refractivity contribution in [2.45, 2.75) is 19.9 Å². The summed E-state index contributed by atoms with van der Waals surface area (Å²) in [4.78, 5) is 16.8. The van der Waals surface area contributed by atoms with Crippen molar-refractivity contribution in [2.75, 3.05) is 6.54 Å². The van der Waals surface area contributed by atoms with E-state index in [1.165, 1.54) is 0 Å². The number of rotatable bonds is 4. The second-order valence-electron chi connectivity index (χ2n) is 4.72. The number of nitrogens with zero attached hydrogens (tertiary/aromatic N) is 3. The minimum atomic E-state index is -0.115. The van der Waals surface area contributed by atoms with Gasteiger partial charge in [-0.25, -0.2) is 0 Å². The van der Waals surface area contributed by atoms with E-state index in [1.54, 1.807) is 10.6 Å². The average Bonchev–Trinajstić information content (AvgIpc) is 2.95. The lowest BCUT2D eigenvalue weighted by Crippen LogP contribution is -2.21. The zero-order valence-corrected chi connectivity index (χ0v) is 11.7. The van der Waals surface area contributed by atoms with Crippen LogP contribution in [0.4, 0.5) is 0 Å². The second-order valence-corrected chi connectivity index (χ2v) is 4.72. The van der Waals surface area contributed by atoms with Gasteiger partial charge in [0.2, 0.25) is 11.7 Å². The lowest BCUT2D eigenvalue weighted by molar-refractivity contribution is 0.380. The van der Waals surface area contributed by atoms with Gasteiger partial charge >= 0.3 is 0 Å².